The van der Waals surface area contributed by atoms with Crippen LogP contribution in [0.25, 0.3) is 0 Å². The lowest BCUT2D eigenvalue weighted by molar-refractivity contribution is -0.135. The van der Waals surface area contributed by atoms with E-state index in [9.17, 15) is 4.79 Å². The Bertz CT molecular complexity index is 571. The Hall–Kier alpha value is -1.01. The van der Waals surface area contributed by atoms with Crippen LogP contribution in [0, 0.1) is 0 Å². The Balaban J connectivity index is 1.41. The average Bonchev–Trinajstić information content (AvgIpc) is 3.07. The first-order valence-corrected chi connectivity index (χ1v) is 9.07. The lowest BCUT2D eigenvalue weighted by Gasteiger charge is -2.35. The van der Waals surface area contributed by atoms with Crippen molar-refractivity contribution in [3.63, 3.8) is 0 Å². The summed E-state index contributed by atoms with van der Waals surface area (Å²) in [6.45, 7) is 5.06. The number of rotatable bonds is 5. The normalized spacial score (nSPS) is 21.9. The zero-order valence-corrected chi connectivity index (χ0v) is 15.1. The van der Waals surface area contributed by atoms with Crippen LogP contribution < -0.4 is 4.74 Å². The van der Waals surface area contributed by atoms with Gasteiger partial charge >= 0.3 is 0 Å². The third-order valence-corrected chi connectivity index (χ3v) is 4.99. The molecule has 1 atom stereocenters. The van der Waals surface area contributed by atoms with Gasteiger partial charge in [0.2, 0.25) is 0 Å². The Morgan fingerprint density at radius 1 is 1.25 bits per heavy atom. The molecule has 7 heteroatoms. The first-order chi connectivity index (χ1) is 11.6. The Morgan fingerprint density at radius 2 is 2.04 bits per heavy atom. The van der Waals surface area contributed by atoms with E-state index in [1.807, 2.05) is 4.90 Å². The third kappa shape index (κ3) is 4.76. The van der Waals surface area contributed by atoms with Gasteiger partial charge in [-0.1, -0.05) is 23.2 Å². The summed E-state index contributed by atoms with van der Waals surface area (Å²) < 4.78 is 11.2. The van der Waals surface area contributed by atoms with Crippen molar-refractivity contribution in [3.05, 3.63) is 28.2 Å². The largest absolute Gasteiger partial charge is 0.482 e. The maximum atomic E-state index is 12.3. The van der Waals surface area contributed by atoms with Gasteiger partial charge in [0.1, 0.15) is 5.75 Å². The summed E-state index contributed by atoms with van der Waals surface area (Å²) in [5, 5.41) is 0.956. The molecule has 1 amide bonds. The van der Waals surface area contributed by atoms with Crippen LogP contribution in [-0.2, 0) is 9.53 Å². The fourth-order valence-corrected chi connectivity index (χ4v) is 3.54. The van der Waals surface area contributed by atoms with E-state index in [0.29, 0.717) is 21.9 Å². The molecule has 24 heavy (non-hydrogen) atoms. The van der Waals surface area contributed by atoms with E-state index in [2.05, 4.69) is 4.90 Å². The lowest BCUT2D eigenvalue weighted by Crippen LogP contribution is -2.51. The fraction of sp³-hybridized carbons (Fsp3) is 0.588. The molecule has 1 aromatic carbocycles. The maximum absolute atomic E-state index is 12.3. The average molecular weight is 373 g/mol. The number of nitrogens with zero attached hydrogens (tertiary/aromatic N) is 2. The zero-order chi connectivity index (χ0) is 16.9. The second-order valence-corrected chi connectivity index (χ2v) is 7.02. The highest BCUT2D eigenvalue weighted by Crippen LogP contribution is 2.27. The van der Waals surface area contributed by atoms with Crippen molar-refractivity contribution in [1.82, 2.24) is 9.80 Å². The predicted octanol–water partition coefficient (Wildman–Crippen LogP) is 2.70. The molecule has 0 spiro atoms. The Kier molecular flexibility index (Phi) is 6.22. The minimum Gasteiger partial charge on any atom is -0.482 e. The van der Waals surface area contributed by atoms with Crippen LogP contribution in [0.4, 0.5) is 0 Å². The van der Waals surface area contributed by atoms with E-state index in [1.165, 1.54) is 0 Å². The summed E-state index contributed by atoms with van der Waals surface area (Å²) in [7, 11) is 0. The maximum Gasteiger partial charge on any atom is 0.260 e. The van der Waals surface area contributed by atoms with Crippen LogP contribution in [0.5, 0.6) is 5.75 Å². The monoisotopic (exact) mass is 372 g/mol. The van der Waals surface area contributed by atoms with E-state index in [4.69, 9.17) is 32.7 Å². The van der Waals surface area contributed by atoms with E-state index in [-0.39, 0.29) is 12.5 Å². The van der Waals surface area contributed by atoms with Crippen molar-refractivity contribution in [2.24, 2.45) is 0 Å². The van der Waals surface area contributed by atoms with Gasteiger partial charge in [-0.3, -0.25) is 9.69 Å². The summed E-state index contributed by atoms with van der Waals surface area (Å²) >= 11 is 11.9. The summed E-state index contributed by atoms with van der Waals surface area (Å²) in [6.07, 6.45) is 2.67. The molecule has 2 aliphatic heterocycles. The molecule has 132 valence electrons. The molecule has 2 saturated heterocycles. The Morgan fingerprint density at radius 3 is 2.71 bits per heavy atom. The van der Waals surface area contributed by atoms with Gasteiger partial charge in [-0.05, 0) is 31.0 Å². The van der Waals surface area contributed by atoms with Gasteiger partial charge < -0.3 is 14.4 Å². The Labute approximate surface area is 152 Å². The number of halogens is 2. The molecular weight excluding hydrogens is 351 g/mol. The molecule has 2 heterocycles. The van der Waals surface area contributed by atoms with E-state index < -0.39 is 0 Å². The smallest absolute Gasteiger partial charge is 0.260 e. The van der Waals surface area contributed by atoms with Gasteiger partial charge in [-0.25, -0.2) is 0 Å². The number of piperazine rings is 1. The second kappa shape index (κ2) is 8.39. The van der Waals surface area contributed by atoms with Gasteiger partial charge in [0, 0.05) is 44.4 Å². The number of carbonyl (C=O) groups excluding carboxylic acids is 1. The second-order valence-electron chi connectivity index (χ2n) is 6.18. The van der Waals surface area contributed by atoms with Gasteiger partial charge in [0.25, 0.3) is 5.91 Å². The number of amides is 1. The van der Waals surface area contributed by atoms with Crippen molar-refractivity contribution in [2.45, 2.75) is 18.9 Å². The minimum absolute atomic E-state index is 0.00686. The predicted molar refractivity (Wildman–Crippen MR) is 94.0 cm³/mol. The van der Waals surface area contributed by atoms with Crippen LogP contribution in [0.2, 0.25) is 10.0 Å². The highest BCUT2D eigenvalue weighted by molar-refractivity contribution is 6.35. The standard InChI is InChI=1S/C17H22Cl2N2O3/c18-13-3-4-16(15(19)10-13)24-12-17(22)21-7-5-20(6-8-21)11-14-2-1-9-23-14/h3-4,10,14H,1-2,5-9,11-12H2. The quantitative estimate of drug-likeness (QED) is 0.796. The molecule has 1 unspecified atom stereocenters. The van der Waals surface area contributed by atoms with Crippen molar-refractivity contribution < 1.29 is 14.3 Å². The molecule has 2 aliphatic rings. The highest BCUT2D eigenvalue weighted by Gasteiger charge is 2.25. The first-order valence-electron chi connectivity index (χ1n) is 8.31. The topological polar surface area (TPSA) is 42.0 Å². The summed E-state index contributed by atoms with van der Waals surface area (Å²) in [4.78, 5) is 16.5. The van der Waals surface area contributed by atoms with E-state index >= 15 is 0 Å². The third-order valence-electron chi connectivity index (χ3n) is 4.46. The van der Waals surface area contributed by atoms with Crippen molar-refractivity contribution >= 4 is 29.1 Å². The minimum atomic E-state index is -0.0159. The molecule has 0 aromatic heterocycles. The molecule has 0 saturated carbocycles. The van der Waals surface area contributed by atoms with Gasteiger partial charge in [0.05, 0.1) is 11.1 Å². The van der Waals surface area contributed by atoms with E-state index in [0.717, 1.165) is 52.2 Å². The summed E-state index contributed by atoms with van der Waals surface area (Å²) in [5.74, 6) is 0.462. The zero-order valence-electron chi connectivity index (χ0n) is 13.5. The molecule has 5 nitrogen and oxygen atoms in total. The van der Waals surface area contributed by atoms with Crippen molar-refractivity contribution in [1.29, 1.82) is 0 Å². The fourth-order valence-electron chi connectivity index (χ4n) is 3.08. The molecule has 0 bridgehead atoms. The number of carbonyl (C=O) groups is 1. The molecule has 1 aromatic rings. The molecule has 0 aliphatic carbocycles. The summed E-state index contributed by atoms with van der Waals surface area (Å²) in [5.41, 5.74) is 0. The number of hydrogen-bond acceptors (Lipinski definition) is 4. The van der Waals surface area contributed by atoms with Crippen LogP contribution in [0.1, 0.15) is 12.8 Å². The van der Waals surface area contributed by atoms with Crippen molar-refractivity contribution in [2.75, 3.05) is 45.9 Å². The molecule has 0 N–H and O–H groups in total. The van der Waals surface area contributed by atoms with Crippen molar-refractivity contribution in [3.8, 4) is 5.75 Å². The number of ether oxygens (including phenoxy) is 2. The number of hydrogen-bond donors (Lipinski definition) is 0. The van der Waals surface area contributed by atoms with Crippen LogP contribution in [0.3, 0.4) is 0 Å². The molecular formula is C17H22Cl2N2O3. The first kappa shape index (κ1) is 17.8. The lowest BCUT2D eigenvalue weighted by atomic mass is 10.2. The van der Waals surface area contributed by atoms with Gasteiger partial charge in [-0.15, -0.1) is 0 Å². The number of benzene rings is 1. The van der Waals surface area contributed by atoms with Gasteiger partial charge in [0.15, 0.2) is 6.61 Å². The molecule has 3 rings (SSSR count). The van der Waals surface area contributed by atoms with Crippen LogP contribution in [0.15, 0.2) is 18.2 Å². The SMILES string of the molecule is O=C(COc1ccc(Cl)cc1Cl)N1CCN(CC2CCCO2)CC1. The summed E-state index contributed by atoms with van der Waals surface area (Å²) in [6, 6.07) is 4.97. The van der Waals surface area contributed by atoms with Gasteiger partial charge in [-0.2, -0.15) is 0 Å². The van der Waals surface area contributed by atoms with Crippen LogP contribution in [-0.4, -0.2) is 67.7 Å². The molecule has 0 radical (unpaired) electrons. The highest BCUT2D eigenvalue weighted by atomic mass is 35.5. The van der Waals surface area contributed by atoms with E-state index in [1.54, 1.807) is 18.2 Å². The molecule has 2 fully saturated rings. The van der Waals surface area contributed by atoms with Crippen LogP contribution >= 0.6 is 23.2 Å².